The second kappa shape index (κ2) is 8.49. The molecule has 26 heavy (non-hydrogen) atoms. The molecule has 7 heteroatoms. The van der Waals surface area contributed by atoms with E-state index in [9.17, 15) is 0 Å². The van der Waals surface area contributed by atoms with Crippen LogP contribution in [0.5, 0.6) is 5.75 Å². The zero-order valence-electron chi connectivity index (χ0n) is 18.5. The van der Waals surface area contributed by atoms with Crippen LogP contribution < -0.4 is 4.43 Å². The number of benzene rings is 1. The molecule has 0 spiro atoms. The van der Waals surface area contributed by atoms with E-state index in [0.29, 0.717) is 0 Å². The van der Waals surface area contributed by atoms with Crippen LogP contribution >= 0.6 is 0 Å². The summed E-state index contributed by atoms with van der Waals surface area (Å²) in [5.41, 5.74) is 1.04. The Morgan fingerprint density at radius 2 is 1.23 bits per heavy atom. The van der Waals surface area contributed by atoms with Crippen LogP contribution in [0.1, 0.15) is 5.56 Å². The van der Waals surface area contributed by atoms with Gasteiger partial charge in [-0.25, -0.2) is 0 Å². The minimum atomic E-state index is -1.82. The number of hydrogen-bond acceptors (Lipinski definition) is 3. The Kier molecular flexibility index (Phi) is 7.60. The summed E-state index contributed by atoms with van der Waals surface area (Å²) in [5, 5.41) is 1.06. The molecule has 0 aromatic heterocycles. The second-order valence-electron chi connectivity index (χ2n) is 9.80. The van der Waals surface area contributed by atoms with Gasteiger partial charge in [0.15, 0.2) is 0 Å². The van der Waals surface area contributed by atoms with Gasteiger partial charge in [-0.2, -0.15) is 0 Å². The average Bonchev–Trinajstić information content (AvgIpc) is 2.39. The minimum absolute atomic E-state index is 0.838. The molecule has 147 valence electrons. The highest BCUT2D eigenvalue weighted by Crippen LogP contribution is 2.35. The van der Waals surface area contributed by atoms with Gasteiger partial charge in [0.05, 0.1) is 10.9 Å². The van der Waals surface area contributed by atoms with Gasteiger partial charge in [0, 0.05) is 0 Å². The fourth-order valence-corrected chi connectivity index (χ4v) is 7.12. The lowest BCUT2D eigenvalue weighted by Crippen LogP contribution is -2.33. The quantitative estimate of drug-likeness (QED) is 0.348. The van der Waals surface area contributed by atoms with Crippen molar-refractivity contribution in [3.63, 3.8) is 0 Å². The Morgan fingerprint density at radius 1 is 0.731 bits per heavy atom. The molecule has 0 aliphatic heterocycles. The topological polar surface area (TPSA) is 27.7 Å². The summed E-state index contributed by atoms with van der Waals surface area (Å²) in [6.07, 6.45) is 0. The Balaban J connectivity index is 3.64. The van der Waals surface area contributed by atoms with E-state index < -0.39 is 33.7 Å². The van der Waals surface area contributed by atoms with Crippen LogP contribution in [-0.4, -0.2) is 33.7 Å². The predicted octanol–water partition coefficient (Wildman–Crippen LogP) is 6.57. The van der Waals surface area contributed by atoms with Crippen LogP contribution in [0.15, 0.2) is 29.6 Å². The highest BCUT2D eigenvalue weighted by molar-refractivity contribution is 6.74. The lowest BCUT2D eigenvalue weighted by atomic mass is 10.2. The molecule has 0 saturated carbocycles. The normalized spacial score (nSPS) is 14.2. The smallest absolute Gasteiger partial charge is 0.242 e. The van der Waals surface area contributed by atoms with Crippen molar-refractivity contribution in [2.24, 2.45) is 0 Å². The van der Waals surface area contributed by atoms with Crippen molar-refractivity contribution in [1.82, 2.24) is 0 Å². The Morgan fingerprint density at radius 3 is 1.65 bits per heavy atom. The van der Waals surface area contributed by atoms with E-state index in [1.807, 2.05) is 6.07 Å². The van der Waals surface area contributed by atoms with Crippen LogP contribution in [-0.2, 0) is 8.85 Å². The zero-order chi connectivity index (χ0) is 20.3. The zero-order valence-corrected chi connectivity index (χ0v) is 22.5. The lowest BCUT2D eigenvalue weighted by Gasteiger charge is -2.31. The molecule has 0 fully saturated rings. The molecule has 0 heterocycles. The number of para-hydroxylation sites is 1. The first-order valence-corrected chi connectivity index (χ1v) is 22.0. The average molecular weight is 426 g/mol. The summed E-state index contributed by atoms with van der Waals surface area (Å²) < 4.78 is 19.6. The number of rotatable bonds is 8. The third-order valence-corrected chi connectivity index (χ3v) is 6.93. The standard InChI is InChI=1S/C19H37O3Si4/c1-23(2)19(22-26(9,10)11)18(21-25(6,7)8)16-14-12-13-15-17(16)20-24(3,4)5/h12-15H,1-11H3. The summed E-state index contributed by atoms with van der Waals surface area (Å²) in [6.45, 7) is 24.5. The molecule has 0 aliphatic carbocycles. The van der Waals surface area contributed by atoms with Crippen molar-refractivity contribution < 1.29 is 13.3 Å². The Bertz CT molecular complexity index is 635. The van der Waals surface area contributed by atoms with Crippen LogP contribution in [0.4, 0.5) is 0 Å². The third kappa shape index (κ3) is 8.28. The van der Waals surface area contributed by atoms with Gasteiger partial charge in [-0.1, -0.05) is 25.2 Å². The van der Waals surface area contributed by atoms with Crippen molar-refractivity contribution >= 4 is 39.5 Å². The van der Waals surface area contributed by atoms with Gasteiger partial charge in [0.25, 0.3) is 0 Å². The monoisotopic (exact) mass is 425 g/mol. The summed E-state index contributed by atoms with van der Waals surface area (Å²) >= 11 is 0. The summed E-state index contributed by atoms with van der Waals surface area (Å²) in [5.74, 6) is 1.83. The largest absolute Gasteiger partial charge is 0.548 e. The maximum absolute atomic E-state index is 6.63. The maximum Gasteiger partial charge on any atom is 0.242 e. The molecule has 1 aromatic rings. The van der Waals surface area contributed by atoms with E-state index in [0.717, 1.165) is 22.5 Å². The Labute approximate surface area is 165 Å². The van der Waals surface area contributed by atoms with Gasteiger partial charge < -0.3 is 13.3 Å². The lowest BCUT2D eigenvalue weighted by molar-refractivity contribution is 0.419. The first-order valence-electron chi connectivity index (χ1n) is 9.30. The molecule has 1 radical (unpaired) electrons. The molecule has 0 atom stereocenters. The summed E-state index contributed by atoms with van der Waals surface area (Å²) in [7, 11) is -6.14. The molecular formula is C19H37O3Si4. The van der Waals surface area contributed by atoms with Crippen LogP contribution in [0.3, 0.4) is 0 Å². The van der Waals surface area contributed by atoms with E-state index in [-0.39, 0.29) is 0 Å². The molecule has 0 N–H and O–H groups in total. The molecule has 0 amide bonds. The summed E-state index contributed by atoms with van der Waals surface area (Å²) in [4.78, 5) is 0. The van der Waals surface area contributed by atoms with Gasteiger partial charge in [0.2, 0.25) is 25.0 Å². The van der Waals surface area contributed by atoms with Crippen LogP contribution in [0.2, 0.25) is 72.0 Å². The fraction of sp³-hybridized carbons (Fsp3) is 0.579. The van der Waals surface area contributed by atoms with E-state index in [1.54, 1.807) is 0 Å². The van der Waals surface area contributed by atoms with Crippen LogP contribution in [0.25, 0.3) is 5.76 Å². The number of hydrogen-bond donors (Lipinski definition) is 0. The molecule has 1 rings (SSSR count). The van der Waals surface area contributed by atoms with Crippen molar-refractivity contribution in [3.05, 3.63) is 35.2 Å². The Hall–Kier alpha value is -0.772. The van der Waals surface area contributed by atoms with E-state index in [1.165, 1.54) is 0 Å². The van der Waals surface area contributed by atoms with Crippen molar-refractivity contribution in [2.45, 2.75) is 72.0 Å². The molecule has 3 nitrogen and oxygen atoms in total. The van der Waals surface area contributed by atoms with E-state index in [4.69, 9.17) is 13.3 Å². The SMILES string of the molecule is C[Si](C)C(O[Si](C)(C)C)=C(O[Si](C)(C)C)c1ccccc1O[Si](C)(C)C. The highest BCUT2D eigenvalue weighted by Gasteiger charge is 2.30. The van der Waals surface area contributed by atoms with E-state index >= 15 is 0 Å². The maximum atomic E-state index is 6.63. The molecular weight excluding hydrogens is 389 g/mol. The molecule has 0 aliphatic rings. The van der Waals surface area contributed by atoms with Gasteiger partial charge in [-0.05, 0) is 71.1 Å². The molecule has 0 unspecified atom stereocenters. The minimum Gasteiger partial charge on any atom is -0.548 e. The molecule has 0 bridgehead atoms. The molecule has 1 aromatic carbocycles. The predicted molar refractivity (Wildman–Crippen MR) is 124 cm³/mol. The molecule has 0 saturated heterocycles. The summed E-state index contributed by atoms with van der Waals surface area (Å²) in [6, 6.07) is 8.27. The van der Waals surface area contributed by atoms with Gasteiger partial charge in [-0.3, -0.25) is 0 Å². The first kappa shape index (κ1) is 23.3. The highest BCUT2D eigenvalue weighted by atomic mass is 28.4. The first-order chi connectivity index (χ1) is 11.6. The van der Waals surface area contributed by atoms with Crippen LogP contribution in [0, 0.1) is 0 Å². The fourth-order valence-electron chi connectivity index (χ4n) is 2.28. The van der Waals surface area contributed by atoms with Gasteiger partial charge in [-0.15, -0.1) is 0 Å². The second-order valence-corrected chi connectivity index (χ2v) is 25.5. The van der Waals surface area contributed by atoms with Crippen molar-refractivity contribution in [3.8, 4) is 5.75 Å². The van der Waals surface area contributed by atoms with Gasteiger partial charge in [0.1, 0.15) is 20.3 Å². The van der Waals surface area contributed by atoms with Gasteiger partial charge >= 0.3 is 0 Å². The van der Waals surface area contributed by atoms with Crippen molar-refractivity contribution in [1.29, 1.82) is 0 Å². The van der Waals surface area contributed by atoms with Crippen molar-refractivity contribution in [2.75, 3.05) is 0 Å². The van der Waals surface area contributed by atoms with E-state index in [2.05, 4.69) is 90.2 Å². The third-order valence-electron chi connectivity index (χ3n) is 3.02.